The van der Waals surface area contributed by atoms with Crippen molar-refractivity contribution in [2.45, 2.75) is 40.2 Å². The maximum atomic E-state index is 13.8. The number of carbonyl (C=O) groups is 3. The number of nitrogen functional groups attached to an aromatic ring is 1. The summed E-state index contributed by atoms with van der Waals surface area (Å²) < 4.78 is 67.0. The van der Waals surface area contributed by atoms with Gasteiger partial charge in [0.25, 0.3) is 0 Å². The summed E-state index contributed by atoms with van der Waals surface area (Å²) in [7, 11) is 0. The van der Waals surface area contributed by atoms with Gasteiger partial charge in [0.05, 0.1) is 18.9 Å². The van der Waals surface area contributed by atoms with Gasteiger partial charge in [-0.1, -0.05) is 0 Å². The topological polar surface area (TPSA) is 117 Å². The van der Waals surface area contributed by atoms with Gasteiger partial charge in [-0.2, -0.15) is 0 Å². The SMILES string of the molecule is CCOC(=O)c1c(N)ccc(F)c1F.CCOC(=O)c1c(NC(=O)OC(C)(C)C)ccc(F)c1F. The summed E-state index contributed by atoms with van der Waals surface area (Å²) in [6.45, 7) is 8.08. The second-order valence-corrected chi connectivity index (χ2v) is 7.68. The molecule has 35 heavy (non-hydrogen) atoms. The Balaban J connectivity index is 0.000000379. The van der Waals surface area contributed by atoms with Crippen molar-refractivity contribution >= 4 is 29.4 Å². The molecular formula is C23H26F4N2O6. The van der Waals surface area contributed by atoms with Crippen LogP contribution < -0.4 is 11.1 Å². The first-order valence-corrected chi connectivity index (χ1v) is 10.3. The molecule has 0 spiro atoms. The molecule has 1 amide bonds. The number of benzene rings is 2. The minimum Gasteiger partial charge on any atom is -0.462 e. The standard InChI is InChI=1S/C14H17F2NO4.C9H9F2NO2/c1-5-20-12(18)10-9(7-6-8(15)11(10)16)17-13(19)21-14(2,3)4;1-2-14-9(13)7-6(12)4-3-5(10)8(7)11/h6-7H,5H2,1-4H3,(H,17,19);3-4H,2,12H2,1H3. The van der Waals surface area contributed by atoms with Crippen LogP contribution >= 0.6 is 0 Å². The molecule has 0 aromatic heterocycles. The van der Waals surface area contributed by atoms with Crippen molar-refractivity contribution < 1.29 is 46.2 Å². The van der Waals surface area contributed by atoms with E-state index in [4.69, 9.17) is 10.5 Å². The minimum absolute atomic E-state index is 0.0132. The molecule has 192 valence electrons. The molecule has 0 unspecified atom stereocenters. The Bertz CT molecular complexity index is 1090. The number of nitrogens with one attached hydrogen (secondary N) is 1. The van der Waals surface area contributed by atoms with Crippen LogP contribution in [0.1, 0.15) is 55.3 Å². The molecule has 0 bridgehead atoms. The van der Waals surface area contributed by atoms with Crippen molar-refractivity contribution in [1.29, 1.82) is 0 Å². The van der Waals surface area contributed by atoms with Crippen LogP contribution in [-0.2, 0) is 14.2 Å². The second-order valence-electron chi connectivity index (χ2n) is 7.68. The van der Waals surface area contributed by atoms with Gasteiger partial charge < -0.3 is 19.9 Å². The average molecular weight is 502 g/mol. The summed E-state index contributed by atoms with van der Waals surface area (Å²) >= 11 is 0. The van der Waals surface area contributed by atoms with E-state index in [0.717, 1.165) is 24.3 Å². The number of hydrogen-bond donors (Lipinski definition) is 2. The third-order valence-corrected chi connectivity index (χ3v) is 3.82. The van der Waals surface area contributed by atoms with Gasteiger partial charge in [0.15, 0.2) is 23.3 Å². The zero-order valence-corrected chi connectivity index (χ0v) is 19.8. The fraction of sp³-hybridized carbons (Fsp3) is 0.348. The maximum Gasteiger partial charge on any atom is 0.412 e. The highest BCUT2D eigenvalue weighted by Crippen LogP contribution is 2.24. The lowest BCUT2D eigenvalue weighted by atomic mass is 10.1. The third-order valence-electron chi connectivity index (χ3n) is 3.82. The van der Waals surface area contributed by atoms with E-state index in [1.165, 1.54) is 6.92 Å². The van der Waals surface area contributed by atoms with Gasteiger partial charge >= 0.3 is 18.0 Å². The van der Waals surface area contributed by atoms with E-state index in [1.54, 1.807) is 27.7 Å². The fourth-order valence-corrected chi connectivity index (χ4v) is 2.45. The average Bonchev–Trinajstić information content (AvgIpc) is 2.73. The number of ether oxygens (including phenoxy) is 3. The van der Waals surface area contributed by atoms with E-state index in [1.807, 2.05) is 0 Å². The van der Waals surface area contributed by atoms with Gasteiger partial charge in [0.1, 0.15) is 16.7 Å². The molecular weight excluding hydrogens is 476 g/mol. The van der Waals surface area contributed by atoms with Crippen molar-refractivity contribution in [3.63, 3.8) is 0 Å². The lowest BCUT2D eigenvalue weighted by molar-refractivity contribution is 0.0510. The minimum atomic E-state index is -1.39. The van der Waals surface area contributed by atoms with E-state index in [-0.39, 0.29) is 24.6 Å². The Hall–Kier alpha value is -3.83. The first-order chi connectivity index (χ1) is 16.2. The van der Waals surface area contributed by atoms with Crippen molar-refractivity contribution in [3.05, 3.63) is 58.7 Å². The number of carbonyl (C=O) groups excluding carboxylic acids is 3. The van der Waals surface area contributed by atoms with Crippen LogP contribution in [0.3, 0.4) is 0 Å². The van der Waals surface area contributed by atoms with Crippen molar-refractivity contribution in [2.75, 3.05) is 24.3 Å². The highest BCUT2D eigenvalue weighted by molar-refractivity contribution is 6.00. The molecule has 0 heterocycles. The number of amides is 1. The fourth-order valence-electron chi connectivity index (χ4n) is 2.45. The van der Waals surface area contributed by atoms with E-state index in [2.05, 4.69) is 14.8 Å². The van der Waals surface area contributed by atoms with Gasteiger partial charge in [-0.05, 0) is 58.9 Å². The molecule has 3 N–H and O–H groups in total. The Labute approximate surface area is 199 Å². The van der Waals surface area contributed by atoms with Gasteiger partial charge in [-0.3, -0.25) is 5.32 Å². The number of esters is 2. The summed E-state index contributed by atoms with van der Waals surface area (Å²) in [6.07, 6.45) is -0.890. The highest BCUT2D eigenvalue weighted by Gasteiger charge is 2.24. The summed E-state index contributed by atoms with van der Waals surface area (Å²) in [5.74, 6) is -7.02. The molecule has 0 fully saturated rings. The maximum absolute atomic E-state index is 13.8. The Morgan fingerprint density at radius 2 is 1.29 bits per heavy atom. The van der Waals surface area contributed by atoms with E-state index >= 15 is 0 Å². The third kappa shape index (κ3) is 8.47. The van der Waals surface area contributed by atoms with E-state index in [9.17, 15) is 31.9 Å². The van der Waals surface area contributed by atoms with Crippen molar-refractivity contribution in [2.24, 2.45) is 0 Å². The molecule has 2 aromatic carbocycles. The molecule has 0 saturated carbocycles. The predicted octanol–water partition coefficient (Wildman–Crippen LogP) is 5.21. The molecule has 0 radical (unpaired) electrons. The van der Waals surface area contributed by atoms with Crippen LogP contribution in [0.25, 0.3) is 0 Å². The summed E-state index contributed by atoms with van der Waals surface area (Å²) in [6, 6.07) is 3.83. The molecule has 2 rings (SSSR count). The van der Waals surface area contributed by atoms with Crippen LogP contribution in [0.2, 0.25) is 0 Å². The van der Waals surface area contributed by atoms with Crippen molar-refractivity contribution in [3.8, 4) is 0 Å². The zero-order valence-electron chi connectivity index (χ0n) is 19.8. The molecule has 0 aliphatic rings. The molecule has 8 nitrogen and oxygen atoms in total. The first-order valence-electron chi connectivity index (χ1n) is 10.3. The largest absolute Gasteiger partial charge is 0.462 e. The van der Waals surface area contributed by atoms with E-state index < -0.39 is 58.0 Å². The summed E-state index contributed by atoms with van der Waals surface area (Å²) in [5.41, 5.74) is 2.96. The van der Waals surface area contributed by atoms with Gasteiger partial charge in [0, 0.05) is 5.69 Å². The highest BCUT2D eigenvalue weighted by atomic mass is 19.2. The molecule has 0 saturated heterocycles. The number of halogens is 4. The molecule has 12 heteroatoms. The zero-order chi connectivity index (χ0) is 26.9. The number of nitrogens with two attached hydrogens (primary N) is 1. The smallest absolute Gasteiger partial charge is 0.412 e. The van der Waals surface area contributed by atoms with Gasteiger partial charge in [-0.25, -0.2) is 31.9 Å². The summed E-state index contributed by atoms with van der Waals surface area (Å²) in [5, 5.41) is 2.21. The Morgan fingerprint density at radius 3 is 1.77 bits per heavy atom. The van der Waals surface area contributed by atoms with Crippen LogP contribution in [0.4, 0.5) is 33.7 Å². The van der Waals surface area contributed by atoms with Crippen LogP contribution in [-0.4, -0.2) is 36.8 Å². The number of rotatable bonds is 5. The number of anilines is 2. The normalized spacial score (nSPS) is 10.5. The predicted molar refractivity (Wildman–Crippen MR) is 119 cm³/mol. The monoisotopic (exact) mass is 502 g/mol. The quantitative estimate of drug-likeness (QED) is 0.249. The molecule has 2 aromatic rings. The van der Waals surface area contributed by atoms with Crippen LogP contribution in [0, 0.1) is 23.3 Å². The summed E-state index contributed by atoms with van der Waals surface area (Å²) in [4.78, 5) is 34.5. The van der Waals surface area contributed by atoms with Crippen LogP contribution in [0.15, 0.2) is 24.3 Å². The van der Waals surface area contributed by atoms with Gasteiger partial charge in [0.2, 0.25) is 0 Å². The molecule has 0 atom stereocenters. The molecule has 0 aliphatic carbocycles. The lowest BCUT2D eigenvalue weighted by Crippen LogP contribution is -2.28. The second kappa shape index (κ2) is 12.6. The van der Waals surface area contributed by atoms with E-state index in [0.29, 0.717) is 0 Å². The Kier molecular flexibility index (Phi) is 10.5. The Morgan fingerprint density at radius 1 is 0.829 bits per heavy atom. The number of hydrogen-bond acceptors (Lipinski definition) is 7. The first kappa shape index (κ1) is 29.2. The van der Waals surface area contributed by atoms with Crippen molar-refractivity contribution in [1.82, 2.24) is 0 Å². The van der Waals surface area contributed by atoms with Gasteiger partial charge in [-0.15, -0.1) is 0 Å². The molecule has 0 aliphatic heterocycles. The lowest BCUT2D eigenvalue weighted by Gasteiger charge is -2.20. The van der Waals surface area contributed by atoms with Crippen LogP contribution in [0.5, 0.6) is 0 Å².